The lowest BCUT2D eigenvalue weighted by Crippen LogP contribution is -2.45. The SMILES string of the molecule is COCCOC(=O)C1=C(C)OC(N)=C(C#N)[C@@]12C(=O)Nc1ccccc12. The Bertz CT molecular complexity index is 896. The fourth-order valence-electron chi connectivity index (χ4n) is 3.32. The molecule has 0 radical (unpaired) electrons. The molecule has 0 unspecified atom stereocenters. The van der Waals surface area contributed by atoms with Crippen LogP contribution in [0.3, 0.4) is 0 Å². The minimum atomic E-state index is -1.71. The van der Waals surface area contributed by atoms with Crippen LogP contribution in [0.2, 0.25) is 0 Å². The number of para-hydroxylation sites is 1. The van der Waals surface area contributed by atoms with Gasteiger partial charge < -0.3 is 25.3 Å². The molecule has 3 N–H and O–H groups in total. The Morgan fingerprint density at radius 3 is 2.81 bits per heavy atom. The zero-order valence-corrected chi connectivity index (χ0v) is 14.3. The van der Waals surface area contributed by atoms with Crippen molar-refractivity contribution in [2.75, 3.05) is 25.6 Å². The van der Waals surface area contributed by atoms with Crippen molar-refractivity contribution in [2.24, 2.45) is 5.73 Å². The van der Waals surface area contributed by atoms with E-state index in [9.17, 15) is 14.9 Å². The first-order chi connectivity index (χ1) is 12.5. The van der Waals surface area contributed by atoms with E-state index in [1.165, 1.54) is 14.0 Å². The number of benzene rings is 1. The van der Waals surface area contributed by atoms with Crippen molar-refractivity contribution < 1.29 is 23.8 Å². The monoisotopic (exact) mass is 355 g/mol. The van der Waals surface area contributed by atoms with Gasteiger partial charge in [0.1, 0.15) is 29.6 Å². The van der Waals surface area contributed by atoms with Gasteiger partial charge >= 0.3 is 5.97 Å². The third kappa shape index (κ3) is 2.33. The fourth-order valence-corrected chi connectivity index (χ4v) is 3.32. The molecule has 3 rings (SSSR count). The van der Waals surface area contributed by atoms with Crippen LogP contribution < -0.4 is 11.1 Å². The normalized spacial score (nSPS) is 21.2. The molecule has 0 saturated heterocycles. The number of nitrogens with zero attached hydrogens (tertiary/aromatic N) is 1. The van der Waals surface area contributed by atoms with Gasteiger partial charge in [-0.25, -0.2) is 4.79 Å². The van der Waals surface area contributed by atoms with E-state index >= 15 is 0 Å². The van der Waals surface area contributed by atoms with E-state index in [1.807, 2.05) is 6.07 Å². The highest BCUT2D eigenvalue weighted by Gasteiger charge is 2.59. The lowest BCUT2D eigenvalue weighted by molar-refractivity contribution is -0.142. The Morgan fingerprint density at radius 1 is 1.38 bits per heavy atom. The zero-order valence-electron chi connectivity index (χ0n) is 14.3. The molecule has 26 heavy (non-hydrogen) atoms. The van der Waals surface area contributed by atoms with Gasteiger partial charge in [-0.05, 0) is 13.0 Å². The number of nitrogens with one attached hydrogen (secondary N) is 1. The number of esters is 1. The maximum Gasteiger partial charge on any atom is 0.339 e. The van der Waals surface area contributed by atoms with Gasteiger partial charge in [0.05, 0.1) is 6.61 Å². The molecule has 2 aliphatic rings. The highest BCUT2D eigenvalue weighted by atomic mass is 16.6. The number of rotatable bonds is 4. The number of carbonyl (C=O) groups excluding carboxylic acids is 2. The van der Waals surface area contributed by atoms with E-state index in [-0.39, 0.29) is 36.0 Å². The predicted octanol–water partition coefficient (Wildman–Crippen LogP) is 1.06. The highest BCUT2D eigenvalue weighted by Crippen LogP contribution is 2.51. The molecule has 0 aromatic heterocycles. The molecule has 0 aliphatic carbocycles. The van der Waals surface area contributed by atoms with Crippen molar-refractivity contribution in [3.63, 3.8) is 0 Å². The lowest BCUT2D eigenvalue weighted by Gasteiger charge is -2.33. The largest absolute Gasteiger partial charge is 0.460 e. The summed E-state index contributed by atoms with van der Waals surface area (Å²) in [7, 11) is 1.47. The van der Waals surface area contributed by atoms with Crippen LogP contribution in [-0.2, 0) is 29.2 Å². The summed E-state index contributed by atoms with van der Waals surface area (Å²) in [6.07, 6.45) is 0. The van der Waals surface area contributed by atoms with E-state index in [1.54, 1.807) is 24.3 Å². The van der Waals surface area contributed by atoms with E-state index in [0.29, 0.717) is 11.3 Å². The van der Waals surface area contributed by atoms with Crippen LogP contribution in [-0.4, -0.2) is 32.2 Å². The predicted molar refractivity (Wildman–Crippen MR) is 90.2 cm³/mol. The topological polar surface area (TPSA) is 124 Å². The molecule has 1 aromatic carbocycles. The molecule has 2 heterocycles. The third-order valence-corrected chi connectivity index (χ3v) is 4.37. The van der Waals surface area contributed by atoms with E-state index in [4.69, 9.17) is 19.9 Å². The second-order valence-electron chi connectivity index (χ2n) is 5.76. The Morgan fingerprint density at radius 2 is 2.12 bits per heavy atom. The van der Waals surface area contributed by atoms with Gasteiger partial charge in [0, 0.05) is 18.4 Å². The molecule has 1 amide bonds. The van der Waals surface area contributed by atoms with Gasteiger partial charge in [-0.1, -0.05) is 18.2 Å². The van der Waals surface area contributed by atoms with Crippen LogP contribution in [0.5, 0.6) is 0 Å². The number of nitrogens with two attached hydrogens (primary N) is 1. The first kappa shape index (κ1) is 17.5. The Hall–Kier alpha value is -3.31. The average Bonchev–Trinajstić information content (AvgIpc) is 2.88. The van der Waals surface area contributed by atoms with Crippen LogP contribution in [0.25, 0.3) is 0 Å². The summed E-state index contributed by atoms with van der Waals surface area (Å²) in [4.78, 5) is 25.8. The minimum absolute atomic E-state index is 0.00740. The molecule has 0 saturated carbocycles. The van der Waals surface area contributed by atoms with Crippen molar-refractivity contribution in [3.8, 4) is 6.07 Å². The fraction of sp³-hybridized carbons (Fsp3) is 0.278. The van der Waals surface area contributed by atoms with Gasteiger partial charge in [-0.3, -0.25) is 4.79 Å². The summed E-state index contributed by atoms with van der Waals surface area (Å²) < 4.78 is 15.5. The van der Waals surface area contributed by atoms with Crippen LogP contribution in [0.4, 0.5) is 5.69 Å². The molecule has 2 aliphatic heterocycles. The molecule has 0 bridgehead atoms. The van der Waals surface area contributed by atoms with Crippen LogP contribution in [0, 0.1) is 11.3 Å². The average molecular weight is 355 g/mol. The molecule has 134 valence electrons. The molecule has 1 spiro atoms. The minimum Gasteiger partial charge on any atom is -0.460 e. The van der Waals surface area contributed by atoms with Crippen molar-refractivity contribution >= 4 is 17.6 Å². The number of anilines is 1. The second kappa shape index (κ2) is 6.54. The van der Waals surface area contributed by atoms with E-state index in [0.717, 1.165) is 0 Å². The number of fused-ring (bicyclic) bond motifs is 2. The van der Waals surface area contributed by atoms with Gasteiger partial charge in [0.25, 0.3) is 0 Å². The number of hydrogen-bond acceptors (Lipinski definition) is 7. The van der Waals surface area contributed by atoms with Crippen LogP contribution in [0.15, 0.2) is 47.1 Å². The quantitative estimate of drug-likeness (QED) is 0.611. The summed E-state index contributed by atoms with van der Waals surface area (Å²) in [5.41, 5.74) is 4.91. The van der Waals surface area contributed by atoms with Crippen molar-refractivity contribution in [3.05, 3.63) is 52.6 Å². The van der Waals surface area contributed by atoms with Crippen molar-refractivity contribution in [1.82, 2.24) is 0 Å². The summed E-state index contributed by atoms with van der Waals surface area (Å²) in [5, 5.41) is 12.4. The van der Waals surface area contributed by atoms with Gasteiger partial charge in [0.2, 0.25) is 11.8 Å². The highest BCUT2D eigenvalue weighted by molar-refractivity contribution is 6.17. The maximum atomic E-state index is 13.0. The molecular weight excluding hydrogens is 338 g/mol. The first-order valence-electron chi connectivity index (χ1n) is 7.85. The summed E-state index contributed by atoms with van der Waals surface area (Å²) in [6, 6.07) is 8.74. The number of carbonyl (C=O) groups is 2. The molecule has 1 aromatic rings. The summed E-state index contributed by atoms with van der Waals surface area (Å²) in [5.74, 6) is -1.44. The maximum absolute atomic E-state index is 13.0. The van der Waals surface area contributed by atoms with Crippen molar-refractivity contribution in [2.45, 2.75) is 12.3 Å². The summed E-state index contributed by atoms with van der Waals surface area (Å²) >= 11 is 0. The smallest absolute Gasteiger partial charge is 0.339 e. The first-order valence-corrected chi connectivity index (χ1v) is 7.85. The number of ether oxygens (including phenoxy) is 3. The zero-order chi connectivity index (χ0) is 18.9. The molecule has 8 heteroatoms. The second-order valence-corrected chi connectivity index (χ2v) is 5.76. The van der Waals surface area contributed by atoms with E-state index in [2.05, 4.69) is 5.32 Å². The van der Waals surface area contributed by atoms with Gasteiger partial charge in [-0.2, -0.15) is 5.26 Å². The van der Waals surface area contributed by atoms with E-state index < -0.39 is 17.3 Å². The van der Waals surface area contributed by atoms with Gasteiger partial charge in [0.15, 0.2) is 5.41 Å². The standard InChI is InChI=1S/C18H17N3O5/c1-10-14(16(22)25-8-7-24-2)18(12(9-19)15(20)26-10)11-5-3-4-6-13(11)21-17(18)23/h3-6H,7-8,20H2,1-2H3,(H,21,23)/t18-/m1/s1. The number of allylic oxidation sites excluding steroid dienone is 1. The Labute approximate surface area is 149 Å². The third-order valence-electron chi connectivity index (χ3n) is 4.37. The number of hydrogen-bond donors (Lipinski definition) is 2. The van der Waals surface area contributed by atoms with Crippen LogP contribution >= 0.6 is 0 Å². The molecule has 0 fully saturated rings. The number of amides is 1. The summed E-state index contributed by atoms with van der Waals surface area (Å²) in [6.45, 7) is 1.69. The van der Waals surface area contributed by atoms with Crippen molar-refractivity contribution in [1.29, 1.82) is 5.26 Å². The molecule has 1 atom stereocenters. The Balaban J connectivity index is 2.23. The molecule has 8 nitrogen and oxygen atoms in total. The lowest BCUT2D eigenvalue weighted by atomic mass is 9.68. The Kier molecular flexibility index (Phi) is 4.40. The number of nitriles is 1. The molecular formula is C18H17N3O5. The van der Waals surface area contributed by atoms with Gasteiger partial charge in [-0.15, -0.1) is 0 Å². The number of methoxy groups -OCH3 is 1. The van der Waals surface area contributed by atoms with Crippen LogP contribution in [0.1, 0.15) is 12.5 Å².